The summed E-state index contributed by atoms with van der Waals surface area (Å²) in [6.45, 7) is 11.4. The topological polar surface area (TPSA) is 28.2 Å². The van der Waals surface area contributed by atoms with Crippen LogP contribution >= 0.6 is 11.3 Å². The van der Waals surface area contributed by atoms with E-state index in [0.29, 0.717) is 6.04 Å². The summed E-state index contributed by atoms with van der Waals surface area (Å²) < 4.78 is 0. The van der Waals surface area contributed by atoms with Crippen molar-refractivity contribution in [3.8, 4) is 0 Å². The fraction of sp³-hybridized carbons (Fsp3) is 0.800. The molecule has 1 aromatic rings. The number of rotatable bonds is 6. The van der Waals surface area contributed by atoms with E-state index in [2.05, 4.69) is 41.4 Å². The summed E-state index contributed by atoms with van der Waals surface area (Å²) >= 11 is 1.76. The van der Waals surface area contributed by atoms with E-state index in [1.54, 1.807) is 11.3 Å². The molecule has 1 aromatic heterocycles. The quantitative estimate of drug-likeness (QED) is 0.868. The number of piperidine rings is 1. The molecule has 0 amide bonds. The summed E-state index contributed by atoms with van der Waals surface area (Å²) in [4.78, 5) is 7.14. The Morgan fingerprint density at radius 1 is 1.58 bits per heavy atom. The van der Waals surface area contributed by atoms with Crippen molar-refractivity contribution >= 4 is 11.3 Å². The number of thiazole rings is 1. The van der Waals surface area contributed by atoms with Crippen LogP contribution in [-0.2, 0) is 6.54 Å². The Kier molecular flexibility index (Phi) is 5.79. The van der Waals surface area contributed by atoms with Gasteiger partial charge in [-0.2, -0.15) is 0 Å². The van der Waals surface area contributed by atoms with Gasteiger partial charge in [0.05, 0.1) is 0 Å². The van der Waals surface area contributed by atoms with Crippen LogP contribution < -0.4 is 5.32 Å². The van der Waals surface area contributed by atoms with Gasteiger partial charge in [-0.15, -0.1) is 11.3 Å². The Balaban J connectivity index is 1.77. The molecule has 2 rings (SSSR count). The van der Waals surface area contributed by atoms with Gasteiger partial charge in [-0.3, -0.25) is 0 Å². The standard InChI is InChI=1S/C15H27N3S/c1-4-7-18-8-5-6-14(10-18)13(3)16-9-15-17-12(2)11-19-15/h11,13-14,16H,4-10H2,1-3H3. The van der Waals surface area contributed by atoms with Crippen LogP contribution in [-0.4, -0.2) is 35.6 Å². The van der Waals surface area contributed by atoms with E-state index in [-0.39, 0.29) is 0 Å². The number of aryl methyl sites for hydroxylation is 1. The fourth-order valence-corrected chi connectivity index (χ4v) is 3.64. The Bertz CT molecular complexity index is 375. The average Bonchev–Trinajstić information content (AvgIpc) is 2.82. The van der Waals surface area contributed by atoms with Crippen molar-refractivity contribution in [3.05, 3.63) is 16.1 Å². The minimum absolute atomic E-state index is 0.587. The summed E-state index contributed by atoms with van der Waals surface area (Å²) in [7, 11) is 0. The maximum atomic E-state index is 4.52. The lowest BCUT2D eigenvalue weighted by molar-refractivity contribution is 0.150. The first-order valence-corrected chi connectivity index (χ1v) is 8.43. The first kappa shape index (κ1) is 14.9. The van der Waals surface area contributed by atoms with Crippen LogP contribution in [0, 0.1) is 12.8 Å². The van der Waals surface area contributed by atoms with Crippen molar-refractivity contribution in [2.45, 2.75) is 52.6 Å². The number of hydrogen-bond acceptors (Lipinski definition) is 4. The van der Waals surface area contributed by atoms with Crippen molar-refractivity contribution in [2.75, 3.05) is 19.6 Å². The molecule has 3 nitrogen and oxygen atoms in total. The molecule has 2 unspecified atom stereocenters. The van der Waals surface area contributed by atoms with Crippen LogP contribution in [0.5, 0.6) is 0 Å². The van der Waals surface area contributed by atoms with E-state index in [0.717, 1.165) is 18.2 Å². The van der Waals surface area contributed by atoms with Crippen LogP contribution in [0.15, 0.2) is 5.38 Å². The molecule has 108 valence electrons. The highest BCUT2D eigenvalue weighted by molar-refractivity contribution is 7.09. The SMILES string of the molecule is CCCN1CCCC(C(C)NCc2nc(C)cs2)C1. The highest BCUT2D eigenvalue weighted by Crippen LogP contribution is 2.20. The van der Waals surface area contributed by atoms with Gasteiger partial charge in [0, 0.05) is 30.2 Å². The van der Waals surface area contributed by atoms with Crippen molar-refractivity contribution in [2.24, 2.45) is 5.92 Å². The van der Waals surface area contributed by atoms with E-state index in [1.165, 1.54) is 43.9 Å². The second-order valence-electron chi connectivity index (χ2n) is 5.76. The average molecular weight is 281 g/mol. The van der Waals surface area contributed by atoms with E-state index in [9.17, 15) is 0 Å². The number of hydrogen-bond donors (Lipinski definition) is 1. The third-order valence-corrected chi connectivity index (χ3v) is 5.00. The molecule has 1 fully saturated rings. The molecule has 0 aromatic carbocycles. The molecule has 2 atom stereocenters. The zero-order valence-electron chi connectivity index (χ0n) is 12.5. The van der Waals surface area contributed by atoms with Crippen LogP contribution in [0.25, 0.3) is 0 Å². The highest BCUT2D eigenvalue weighted by Gasteiger charge is 2.23. The van der Waals surface area contributed by atoms with Gasteiger partial charge in [-0.05, 0) is 52.1 Å². The summed E-state index contributed by atoms with van der Waals surface area (Å²) in [5, 5.41) is 7.01. The van der Waals surface area contributed by atoms with Crippen LogP contribution in [0.1, 0.15) is 43.8 Å². The molecule has 0 spiro atoms. The minimum Gasteiger partial charge on any atom is -0.308 e. The molecule has 1 aliphatic heterocycles. The molecule has 1 aliphatic rings. The van der Waals surface area contributed by atoms with Crippen LogP contribution in [0.4, 0.5) is 0 Å². The minimum atomic E-state index is 0.587. The molecular formula is C15H27N3S. The van der Waals surface area contributed by atoms with Gasteiger partial charge in [-0.25, -0.2) is 4.98 Å². The number of nitrogens with one attached hydrogen (secondary N) is 1. The first-order valence-electron chi connectivity index (χ1n) is 7.55. The monoisotopic (exact) mass is 281 g/mol. The summed E-state index contributed by atoms with van der Waals surface area (Å²) in [6, 6.07) is 0.587. The van der Waals surface area contributed by atoms with Gasteiger partial charge >= 0.3 is 0 Å². The Hall–Kier alpha value is -0.450. The fourth-order valence-electron chi connectivity index (χ4n) is 2.92. The molecular weight excluding hydrogens is 254 g/mol. The highest BCUT2D eigenvalue weighted by atomic mass is 32.1. The molecule has 0 radical (unpaired) electrons. The van der Waals surface area contributed by atoms with Crippen LogP contribution in [0.3, 0.4) is 0 Å². The lowest BCUT2D eigenvalue weighted by Gasteiger charge is -2.36. The largest absolute Gasteiger partial charge is 0.308 e. The maximum absolute atomic E-state index is 4.52. The molecule has 0 saturated carbocycles. The second kappa shape index (κ2) is 7.36. The lowest BCUT2D eigenvalue weighted by atomic mass is 9.91. The zero-order valence-corrected chi connectivity index (χ0v) is 13.3. The molecule has 4 heteroatoms. The van der Waals surface area contributed by atoms with Crippen LogP contribution in [0.2, 0.25) is 0 Å². The van der Waals surface area contributed by atoms with Gasteiger partial charge in [-0.1, -0.05) is 6.92 Å². The van der Waals surface area contributed by atoms with Gasteiger partial charge in [0.15, 0.2) is 0 Å². The first-order chi connectivity index (χ1) is 9.19. The number of nitrogens with zero attached hydrogens (tertiary/aromatic N) is 2. The molecule has 0 aliphatic carbocycles. The predicted molar refractivity (Wildman–Crippen MR) is 82.6 cm³/mol. The van der Waals surface area contributed by atoms with Crippen molar-refractivity contribution in [1.82, 2.24) is 15.2 Å². The summed E-state index contributed by atoms with van der Waals surface area (Å²) in [5.41, 5.74) is 1.14. The lowest BCUT2D eigenvalue weighted by Crippen LogP contribution is -2.44. The van der Waals surface area contributed by atoms with E-state index in [1.807, 2.05) is 0 Å². The zero-order chi connectivity index (χ0) is 13.7. The van der Waals surface area contributed by atoms with Gasteiger partial charge in [0.2, 0.25) is 0 Å². The van der Waals surface area contributed by atoms with E-state index >= 15 is 0 Å². The Morgan fingerprint density at radius 3 is 3.11 bits per heavy atom. The van der Waals surface area contributed by atoms with Crippen molar-refractivity contribution in [3.63, 3.8) is 0 Å². The smallest absolute Gasteiger partial charge is 0.107 e. The predicted octanol–water partition coefficient (Wildman–Crippen LogP) is 3.05. The molecule has 0 bridgehead atoms. The molecule has 19 heavy (non-hydrogen) atoms. The van der Waals surface area contributed by atoms with Gasteiger partial charge < -0.3 is 10.2 Å². The normalized spacial score (nSPS) is 22.6. The van der Waals surface area contributed by atoms with E-state index < -0.39 is 0 Å². The third kappa shape index (κ3) is 4.55. The molecule has 1 saturated heterocycles. The molecule has 2 heterocycles. The van der Waals surface area contributed by atoms with E-state index in [4.69, 9.17) is 0 Å². The summed E-state index contributed by atoms with van der Waals surface area (Å²) in [6.07, 6.45) is 3.99. The Morgan fingerprint density at radius 2 is 2.42 bits per heavy atom. The Labute approximate surface area is 121 Å². The maximum Gasteiger partial charge on any atom is 0.107 e. The van der Waals surface area contributed by atoms with Crippen molar-refractivity contribution in [1.29, 1.82) is 0 Å². The molecule has 1 N–H and O–H groups in total. The van der Waals surface area contributed by atoms with Crippen molar-refractivity contribution < 1.29 is 0 Å². The second-order valence-corrected chi connectivity index (χ2v) is 6.70. The number of aromatic nitrogens is 1. The number of likely N-dealkylation sites (tertiary alicyclic amines) is 1. The third-order valence-electron chi connectivity index (χ3n) is 4.03. The summed E-state index contributed by atoms with van der Waals surface area (Å²) in [5.74, 6) is 0.793. The van der Waals surface area contributed by atoms with Gasteiger partial charge in [0.1, 0.15) is 5.01 Å². The van der Waals surface area contributed by atoms with Gasteiger partial charge in [0.25, 0.3) is 0 Å².